The smallest absolute Gasteiger partial charge is 0.325 e. The van der Waals surface area contributed by atoms with Gasteiger partial charge in [0.15, 0.2) is 0 Å². The Hall–Kier alpha value is -1.60. The summed E-state index contributed by atoms with van der Waals surface area (Å²) in [4.78, 5) is 11.6. The predicted octanol–water partition coefficient (Wildman–Crippen LogP) is 1.85. The second kappa shape index (κ2) is 6.26. The summed E-state index contributed by atoms with van der Waals surface area (Å²) in [5, 5.41) is 9.52. The molecule has 1 aliphatic rings. The summed E-state index contributed by atoms with van der Waals surface area (Å²) in [7, 11) is -0.847. The molecule has 1 fully saturated rings. The topological polar surface area (TPSA) is 83.9 Å². The lowest BCUT2D eigenvalue weighted by Crippen LogP contribution is -2.53. The van der Waals surface area contributed by atoms with Crippen LogP contribution in [0.5, 0.6) is 5.75 Å². The fourth-order valence-electron chi connectivity index (χ4n) is 2.96. The molecular formula is C15H21NO5S. The highest BCUT2D eigenvalue weighted by atomic mass is 32.2. The van der Waals surface area contributed by atoms with Gasteiger partial charge < -0.3 is 9.84 Å². The minimum atomic E-state index is -3.73. The van der Waals surface area contributed by atoms with E-state index in [1.54, 1.807) is 24.3 Å². The first kappa shape index (κ1) is 16.8. The van der Waals surface area contributed by atoms with Crippen molar-refractivity contribution in [1.29, 1.82) is 0 Å². The highest BCUT2D eigenvalue weighted by Gasteiger charge is 2.49. The first-order valence-electron chi connectivity index (χ1n) is 7.15. The third-order valence-corrected chi connectivity index (χ3v) is 6.21. The van der Waals surface area contributed by atoms with Gasteiger partial charge in [0.1, 0.15) is 11.3 Å². The number of ether oxygens (including phenoxy) is 1. The van der Waals surface area contributed by atoms with Crippen LogP contribution in [0.2, 0.25) is 0 Å². The van der Waals surface area contributed by atoms with Gasteiger partial charge in [0.25, 0.3) is 0 Å². The zero-order chi connectivity index (χ0) is 16.4. The minimum absolute atomic E-state index is 0.240. The van der Waals surface area contributed by atoms with Crippen molar-refractivity contribution in [1.82, 2.24) is 4.31 Å². The molecule has 0 saturated heterocycles. The van der Waals surface area contributed by atoms with Crippen LogP contribution in [0.15, 0.2) is 24.3 Å². The largest absolute Gasteiger partial charge is 0.497 e. The number of aliphatic carboxylic acids is 1. The SMILES string of the molecule is COc1cccc(CS(=O)(=O)N(C)C2(C(=O)O)CCCC2)c1. The number of likely N-dealkylation sites (N-methyl/N-ethyl adjacent to an activating group) is 1. The van der Waals surface area contributed by atoms with E-state index in [0.717, 1.165) is 17.1 Å². The van der Waals surface area contributed by atoms with Gasteiger partial charge in [-0.25, -0.2) is 8.42 Å². The molecule has 1 aromatic carbocycles. The average Bonchev–Trinajstić information content (AvgIpc) is 2.97. The number of hydrogen-bond acceptors (Lipinski definition) is 4. The molecule has 22 heavy (non-hydrogen) atoms. The van der Waals surface area contributed by atoms with Crippen LogP contribution in [0.4, 0.5) is 0 Å². The number of carboxylic acids is 1. The molecule has 0 unspecified atom stereocenters. The first-order chi connectivity index (χ1) is 10.3. The van der Waals surface area contributed by atoms with Crippen LogP contribution in [-0.2, 0) is 20.6 Å². The maximum Gasteiger partial charge on any atom is 0.325 e. The van der Waals surface area contributed by atoms with Gasteiger partial charge >= 0.3 is 5.97 Å². The summed E-state index contributed by atoms with van der Waals surface area (Å²) < 4.78 is 31.4. The molecule has 0 amide bonds. The maximum atomic E-state index is 12.6. The standard InChI is InChI=1S/C15H21NO5S/c1-16(15(14(17)18)8-3-4-9-15)22(19,20)11-12-6-5-7-13(10-12)21-2/h5-7,10H,3-4,8-9,11H2,1-2H3,(H,17,18). The van der Waals surface area contributed by atoms with Gasteiger partial charge in [0.05, 0.1) is 12.9 Å². The maximum absolute atomic E-state index is 12.6. The molecule has 122 valence electrons. The second-order valence-electron chi connectivity index (χ2n) is 5.62. The van der Waals surface area contributed by atoms with Crippen LogP contribution in [0, 0.1) is 0 Å². The van der Waals surface area contributed by atoms with Gasteiger partial charge in [-0.05, 0) is 30.5 Å². The average molecular weight is 327 g/mol. The lowest BCUT2D eigenvalue weighted by atomic mass is 9.98. The number of methoxy groups -OCH3 is 1. The molecule has 0 radical (unpaired) electrons. The van der Waals surface area contributed by atoms with E-state index in [9.17, 15) is 18.3 Å². The molecule has 7 heteroatoms. The molecule has 0 heterocycles. The van der Waals surface area contributed by atoms with Crippen molar-refractivity contribution in [2.24, 2.45) is 0 Å². The molecule has 0 bridgehead atoms. The van der Waals surface area contributed by atoms with E-state index in [1.165, 1.54) is 14.2 Å². The summed E-state index contributed by atoms with van der Waals surface area (Å²) in [6, 6.07) is 6.78. The third kappa shape index (κ3) is 3.10. The quantitative estimate of drug-likeness (QED) is 0.862. The molecule has 1 saturated carbocycles. The molecule has 0 aliphatic heterocycles. The van der Waals surface area contributed by atoms with Crippen LogP contribution in [0.25, 0.3) is 0 Å². The number of carbonyl (C=O) groups is 1. The Morgan fingerprint density at radius 1 is 1.36 bits per heavy atom. The lowest BCUT2D eigenvalue weighted by molar-refractivity contribution is -0.147. The summed E-state index contributed by atoms with van der Waals surface area (Å²) in [5.41, 5.74) is -0.734. The van der Waals surface area contributed by atoms with E-state index in [1.807, 2.05) is 0 Å². The molecule has 6 nitrogen and oxygen atoms in total. The highest BCUT2D eigenvalue weighted by Crippen LogP contribution is 2.37. The van der Waals surface area contributed by atoms with Gasteiger partial charge in [-0.1, -0.05) is 25.0 Å². The molecule has 1 aliphatic carbocycles. The zero-order valence-electron chi connectivity index (χ0n) is 12.8. The molecule has 0 atom stereocenters. The van der Waals surface area contributed by atoms with E-state index >= 15 is 0 Å². The Morgan fingerprint density at radius 3 is 2.55 bits per heavy atom. The predicted molar refractivity (Wildman–Crippen MR) is 82.2 cm³/mol. The van der Waals surface area contributed by atoms with Crippen LogP contribution < -0.4 is 4.74 Å². The van der Waals surface area contributed by atoms with Gasteiger partial charge in [0.2, 0.25) is 10.0 Å². The minimum Gasteiger partial charge on any atom is -0.497 e. The highest BCUT2D eigenvalue weighted by molar-refractivity contribution is 7.88. The zero-order valence-corrected chi connectivity index (χ0v) is 13.6. The lowest BCUT2D eigenvalue weighted by Gasteiger charge is -2.33. The summed E-state index contributed by atoms with van der Waals surface area (Å²) >= 11 is 0. The number of benzene rings is 1. The van der Waals surface area contributed by atoms with Crippen molar-refractivity contribution >= 4 is 16.0 Å². The molecule has 2 rings (SSSR count). The summed E-state index contributed by atoms with van der Waals surface area (Å²) in [6.07, 6.45) is 2.17. The summed E-state index contributed by atoms with van der Waals surface area (Å²) in [5.74, 6) is -0.735. The molecule has 0 aromatic heterocycles. The fraction of sp³-hybridized carbons (Fsp3) is 0.533. The molecule has 1 aromatic rings. The van der Waals surface area contributed by atoms with E-state index < -0.39 is 21.5 Å². The van der Waals surface area contributed by atoms with Crippen molar-refractivity contribution < 1.29 is 23.1 Å². The second-order valence-corrected chi connectivity index (χ2v) is 7.62. The Kier molecular flexibility index (Phi) is 4.77. The van der Waals surface area contributed by atoms with Crippen LogP contribution >= 0.6 is 0 Å². The van der Waals surface area contributed by atoms with Gasteiger partial charge in [0, 0.05) is 7.05 Å². The van der Waals surface area contributed by atoms with Gasteiger partial charge in [-0.15, -0.1) is 0 Å². The van der Waals surface area contributed by atoms with E-state index in [0.29, 0.717) is 24.2 Å². The number of carboxylic acid groups (broad SMARTS) is 1. The number of hydrogen-bond donors (Lipinski definition) is 1. The van der Waals surface area contributed by atoms with Crippen molar-refractivity contribution in [3.8, 4) is 5.75 Å². The van der Waals surface area contributed by atoms with Crippen LogP contribution in [0.3, 0.4) is 0 Å². The number of sulfonamides is 1. The van der Waals surface area contributed by atoms with Crippen molar-refractivity contribution in [2.75, 3.05) is 14.2 Å². The Labute approximate surface area is 130 Å². The number of nitrogens with zero attached hydrogens (tertiary/aromatic N) is 1. The first-order valence-corrected chi connectivity index (χ1v) is 8.76. The van der Waals surface area contributed by atoms with Crippen molar-refractivity contribution in [2.45, 2.75) is 37.0 Å². The van der Waals surface area contributed by atoms with Crippen LogP contribution in [0.1, 0.15) is 31.2 Å². The molecule has 1 N–H and O–H groups in total. The Bertz CT molecular complexity index is 650. The third-order valence-electron chi connectivity index (χ3n) is 4.33. The van der Waals surface area contributed by atoms with Crippen LogP contribution in [-0.4, -0.2) is 43.5 Å². The normalized spacial score (nSPS) is 17.6. The monoisotopic (exact) mass is 327 g/mol. The van der Waals surface area contributed by atoms with E-state index in [2.05, 4.69) is 0 Å². The summed E-state index contributed by atoms with van der Waals surface area (Å²) in [6.45, 7) is 0. The molecular weight excluding hydrogens is 306 g/mol. The van der Waals surface area contributed by atoms with E-state index in [4.69, 9.17) is 4.74 Å². The fourth-order valence-corrected chi connectivity index (χ4v) is 4.55. The Balaban J connectivity index is 2.27. The number of rotatable bonds is 6. The van der Waals surface area contributed by atoms with Crippen molar-refractivity contribution in [3.05, 3.63) is 29.8 Å². The van der Waals surface area contributed by atoms with E-state index in [-0.39, 0.29) is 5.75 Å². The Morgan fingerprint density at radius 2 is 2.00 bits per heavy atom. The van der Waals surface area contributed by atoms with Gasteiger partial charge in [-0.2, -0.15) is 4.31 Å². The van der Waals surface area contributed by atoms with Crippen molar-refractivity contribution in [3.63, 3.8) is 0 Å². The van der Waals surface area contributed by atoms with Gasteiger partial charge in [-0.3, -0.25) is 4.79 Å². The molecule has 0 spiro atoms.